The smallest absolute Gasteiger partial charge is 0.550 e. The van der Waals surface area contributed by atoms with Gasteiger partial charge in [-0.05, 0) is 35.3 Å². The third-order valence-corrected chi connectivity index (χ3v) is 3.72. The second kappa shape index (κ2) is 13.0. The van der Waals surface area contributed by atoms with Crippen LogP contribution in [0.15, 0.2) is 24.3 Å². The summed E-state index contributed by atoms with van der Waals surface area (Å²) in [7, 11) is 0. The fraction of sp³-hybridized carbons (Fsp3) is 0.579. The maximum absolute atomic E-state index is 10.5. The van der Waals surface area contributed by atoms with E-state index in [-0.39, 0.29) is 65.8 Å². The van der Waals surface area contributed by atoms with Gasteiger partial charge < -0.3 is 19.8 Å². The summed E-state index contributed by atoms with van der Waals surface area (Å²) in [5, 5.41) is 20.8. The number of rotatable bonds is 6. The minimum atomic E-state index is -1.12. The Labute approximate surface area is 186 Å². The van der Waals surface area contributed by atoms with E-state index in [0.29, 0.717) is 6.42 Å². The van der Waals surface area contributed by atoms with Gasteiger partial charge in [0.2, 0.25) is 0 Å². The zero-order chi connectivity index (χ0) is 18.0. The molecule has 24 heavy (non-hydrogen) atoms. The minimum absolute atomic E-state index is 0. The van der Waals surface area contributed by atoms with Crippen LogP contribution in [0, 0.1) is 5.92 Å². The molecule has 0 aliphatic heterocycles. The van der Waals surface area contributed by atoms with Gasteiger partial charge in [0.15, 0.2) is 0 Å². The summed E-state index contributed by atoms with van der Waals surface area (Å²) in [6.45, 7) is 10.2. The SMILES string of the molecule is CC(C)(C)c1ccc(C(=O)[O-])cc1.CCCCC(CC)C(=O)[O-].[Ba+2]. The van der Waals surface area contributed by atoms with E-state index >= 15 is 0 Å². The minimum Gasteiger partial charge on any atom is -0.550 e. The van der Waals surface area contributed by atoms with Crippen LogP contribution in [-0.4, -0.2) is 60.8 Å². The number of hydrogen-bond donors (Lipinski definition) is 0. The van der Waals surface area contributed by atoms with Crippen molar-refractivity contribution in [1.29, 1.82) is 0 Å². The number of benzene rings is 1. The van der Waals surface area contributed by atoms with E-state index in [9.17, 15) is 19.8 Å². The quantitative estimate of drug-likeness (QED) is 0.611. The first-order chi connectivity index (χ1) is 10.6. The van der Waals surface area contributed by atoms with Crippen molar-refractivity contribution in [2.75, 3.05) is 0 Å². The molecule has 0 aromatic heterocycles. The first kappa shape index (κ1) is 26.0. The number of carbonyl (C=O) groups is 2. The van der Waals surface area contributed by atoms with Crippen LogP contribution in [0.4, 0.5) is 0 Å². The van der Waals surface area contributed by atoms with Crippen LogP contribution in [0.3, 0.4) is 0 Å². The Morgan fingerprint density at radius 1 is 1.04 bits per heavy atom. The van der Waals surface area contributed by atoms with Gasteiger partial charge >= 0.3 is 48.9 Å². The van der Waals surface area contributed by atoms with Gasteiger partial charge in [-0.25, -0.2) is 0 Å². The Morgan fingerprint density at radius 3 is 1.83 bits per heavy atom. The first-order valence-corrected chi connectivity index (χ1v) is 8.16. The molecule has 0 saturated carbocycles. The number of carboxylic acids is 2. The molecule has 0 fully saturated rings. The fourth-order valence-electron chi connectivity index (χ4n) is 2.05. The molecule has 1 rings (SSSR count). The molecule has 130 valence electrons. The predicted octanol–water partition coefficient (Wildman–Crippen LogP) is 1.92. The van der Waals surface area contributed by atoms with Gasteiger partial charge in [0, 0.05) is 5.97 Å². The Hall–Kier alpha value is -0.269. The molecule has 0 aliphatic carbocycles. The zero-order valence-electron chi connectivity index (χ0n) is 15.6. The van der Waals surface area contributed by atoms with Gasteiger partial charge in [0.05, 0.1) is 5.97 Å². The molecule has 1 aromatic carbocycles. The van der Waals surface area contributed by atoms with E-state index in [1.807, 2.05) is 19.1 Å². The van der Waals surface area contributed by atoms with Crippen molar-refractivity contribution in [2.45, 2.75) is 65.7 Å². The molecular formula is C19H28BaO4. The molecule has 4 nitrogen and oxygen atoms in total. The Morgan fingerprint density at radius 2 is 1.54 bits per heavy atom. The largest absolute Gasteiger partial charge is 2.00 e. The Balaban J connectivity index is 0. The molecule has 0 amide bonds. The van der Waals surface area contributed by atoms with E-state index < -0.39 is 11.9 Å². The third kappa shape index (κ3) is 10.6. The van der Waals surface area contributed by atoms with Gasteiger partial charge in [-0.15, -0.1) is 0 Å². The second-order valence-corrected chi connectivity index (χ2v) is 6.68. The van der Waals surface area contributed by atoms with Gasteiger partial charge in [-0.2, -0.15) is 0 Å². The van der Waals surface area contributed by atoms with Crippen LogP contribution >= 0.6 is 0 Å². The van der Waals surface area contributed by atoms with Crippen LogP contribution in [0.25, 0.3) is 0 Å². The van der Waals surface area contributed by atoms with Gasteiger partial charge in [0.1, 0.15) is 0 Å². The summed E-state index contributed by atoms with van der Waals surface area (Å²) in [6, 6.07) is 6.81. The van der Waals surface area contributed by atoms with Gasteiger partial charge in [-0.1, -0.05) is 71.7 Å². The van der Waals surface area contributed by atoms with Gasteiger partial charge in [0.25, 0.3) is 0 Å². The molecule has 0 radical (unpaired) electrons. The summed E-state index contributed by atoms with van der Waals surface area (Å²) in [5.74, 6) is -2.24. The van der Waals surface area contributed by atoms with Crippen LogP contribution < -0.4 is 10.2 Å². The number of aromatic carboxylic acids is 1. The van der Waals surface area contributed by atoms with E-state index in [1.165, 1.54) is 0 Å². The molecule has 0 heterocycles. The molecular weight excluding hydrogens is 430 g/mol. The van der Waals surface area contributed by atoms with Crippen molar-refractivity contribution in [1.82, 2.24) is 0 Å². The number of aliphatic carboxylic acids is 1. The van der Waals surface area contributed by atoms with E-state index in [0.717, 1.165) is 24.8 Å². The summed E-state index contributed by atoms with van der Waals surface area (Å²) >= 11 is 0. The van der Waals surface area contributed by atoms with Crippen LogP contribution in [0.2, 0.25) is 0 Å². The first-order valence-electron chi connectivity index (χ1n) is 8.16. The molecule has 1 atom stereocenters. The molecule has 0 N–H and O–H groups in total. The summed E-state index contributed by atoms with van der Waals surface area (Å²) in [6.07, 6.45) is 3.52. The summed E-state index contributed by atoms with van der Waals surface area (Å²) in [5.41, 5.74) is 1.41. The standard InChI is InChI=1S/C11H14O2.C8H16O2.Ba/c1-11(2,3)9-6-4-8(5-7-9)10(12)13;1-3-5-6-7(4-2)8(9)10;/h4-7H,1-3H3,(H,12,13);7H,3-6H2,1-2H3,(H,9,10);/q;;+2/p-2. The monoisotopic (exact) mass is 458 g/mol. The molecule has 0 bridgehead atoms. The average molecular weight is 458 g/mol. The van der Waals surface area contributed by atoms with Crippen molar-refractivity contribution in [3.8, 4) is 0 Å². The van der Waals surface area contributed by atoms with E-state index in [2.05, 4.69) is 27.7 Å². The normalized spacial score (nSPS) is 11.5. The summed E-state index contributed by atoms with van der Waals surface area (Å²) in [4.78, 5) is 20.8. The van der Waals surface area contributed by atoms with Crippen molar-refractivity contribution in [3.05, 3.63) is 35.4 Å². The zero-order valence-corrected chi connectivity index (χ0v) is 20.0. The van der Waals surface area contributed by atoms with E-state index in [4.69, 9.17) is 0 Å². The second-order valence-electron chi connectivity index (χ2n) is 6.68. The Kier molecular flexibility index (Phi) is 14.1. The molecule has 0 saturated heterocycles. The third-order valence-electron chi connectivity index (χ3n) is 3.72. The van der Waals surface area contributed by atoms with Crippen LogP contribution in [0.5, 0.6) is 0 Å². The summed E-state index contributed by atoms with van der Waals surface area (Å²) < 4.78 is 0. The maximum Gasteiger partial charge on any atom is 2.00 e. The van der Waals surface area contributed by atoms with Crippen molar-refractivity contribution in [3.63, 3.8) is 0 Å². The Bertz CT molecular complexity index is 489. The molecule has 1 aromatic rings. The number of carboxylic acid groups (broad SMARTS) is 2. The molecule has 0 aliphatic rings. The fourth-order valence-corrected chi connectivity index (χ4v) is 2.05. The number of hydrogen-bond acceptors (Lipinski definition) is 4. The van der Waals surface area contributed by atoms with Crippen LogP contribution in [0.1, 0.15) is 76.2 Å². The van der Waals surface area contributed by atoms with Crippen molar-refractivity contribution in [2.24, 2.45) is 5.92 Å². The van der Waals surface area contributed by atoms with Crippen molar-refractivity contribution >= 4 is 60.8 Å². The van der Waals surface area contributed by atoms with Gasteiger partial charge in [-0.3, -0.25) is 0 Å². The number of unbranched alkanes of at least 4 members (excludes halogenated alkanes) is 1. The topological polar surface area (TPSA) is 80.3 Å². The molecule has 0 spiro atoms. The average Bonchev–Trinajstić information content (AvgIpc) is 2.47. The molecule has 1 unspecified atom stereocenters. The van der Waals surface area contributed by atoms with E-state index in [1.54, 1.807) is 12.1 Å². The maximum atomic E-state index is 10.5. The van der Waals surface area contributed by atoms with Crippen LogP contribution in [-0.2, 0) is 10.2 Å². The van der Waals surface area contributed by atoms with Crippen molar-refractivity contribution < 1.29 is 19.8 Å². The predicted molar refractivity (Wildman–Crippen MR) is 93.5 cm³/mol. The molecule has 5 heteroatoms. The number of carbonyl (C=O) groups excluding carboxylic acids is 2.